The topological polar surface area (TPSA) is 13.0 Å². The van der Waals surface area contributed by atoms with E-state index in [0.29, 0.717) is 23.1 Å². The van der Waals surface area contributed by atoms with Crippen LogP contribution in [0.5, 0.6) is 0 Å². The Bertz CT molecular complexity index is 519. The van der Waals surface area contributed by atoms with Gasteiger partial charge in [0.15, 0.2) is 0 Å². The van der Waals surface area contributed by atoms with Gasteiger partial charge in [-0.25, -0.2) is 20.0 Å². The van der Waals surface area contributed by atoms with E-state index in [2.05, 4.69) is 100 Å². The van der Waals surface area contributed by atoms with Gasteiger partial charge >= 0.3 is 0 Å². The maximum atomic E-state index is 2.43. The van der Waals surface area contributed by atoms with Crippen molar-refractivity contribution in [1.82, 2.24) is 20.0 Å². The molecule has 0 N–H and O–H groups in total. The van der Waals surface area contributed by atoms with Crippen LogP contribution in [0.2, 0.25) is 0 Å². The van der Waals surface area contributed by atoms with E-state index in [-0.39, 0.29) is 15.8 Å². The molecule has 0 bridgehead atoms. The van der Waals surface area contributed by atoms with Crippen LogP contribution >= 0.6 is 15.8 Å². The predicted octanol–water partition coefficient (Wildman–Crippen LogP) is 2.87. The summed E-state index contributed by atoms with van der Waals surface area (Å²) in [7, 11) is 8.52. The first-order chi connectivity index (χ1) is 11.3. The van der Waals surface area contributed by atoms with Crippen LogP contribution in [0.1, 0.15) is 27.7 Å². The summed E-state index contributed by atoms with van der Waals surface area (Å²) in [5.41, 5.74) is 0. The Labute approximate surface area is 150 Å². The van der Waals surface area contributed by atoms with Crippen LogP contribution in [-0.4, -0.2) is 71.4 Å². The van der Waals surface area contributed by atoms with Gasteiger partial charge in [-0.3, -0.25) is 0 Å². The molecule has 0 unspecified atom stereocenters. The first kappa shape index (κ1) is 18.7. The van der Waals surface area contributed by atoms with Gasteiger partial charge in [-0.05, 0) is 54.1 Å². The second-order valence-electron chi connectivity index (χ2n) is 7.13. The Kier molecular flexibility index (Phi) is 5.39. The Morgan fingerprint density at radius 3 is 1.08 bits per heavy atom. The van der Waals surface area contributed by atoms with E-state index in [1.54, 1.807) is 10.6 Å². The third-order valence-electron chi connectivity index (χ3n) is 6.21. The molecule has 2 saturated heterocycles. The molecule has 134 valence electrons. The van der Waals surface area contributed by atoms with Crippen molar-refractivity contribution in [3.63, 3.8) is 0 Å². The van der Waals surface area contributed by atoms with Gasteiger partial charge in [0, 0.05) is 51.3 Å². The Hall–Kier alpha value is -0.0800. The lowest BCUT2D eigenvalue weighted by atomic mass is 10.4. The smallest absolute Gasteiger partial charge is 0.0468 e. The minimum absolute atomic E-state index is 0.214. The van der Waals surface area contributed by atoms with E-state index >= 15 is 0 Å². The van der Waals surface area contributed by atoms with Crippen LogP contribution in [-0.2, 0) is 0 Å². The lowest BCUT2D eigenvalue weighted by molar-refractivity contribution is 0.0357. The van der Waals surface area contributed by atoms with Crippen molar-refractivity contribution in [2.45, 2.75) is 50.8 Å². The first-order valence-electron chi connectivity index (χ1n) is 8.84. The SMILES string of the molecule is C[C@@H]1N(C)N(C)[C@@H](C)P1c1ccccc1P1[C@H](C)N(C)N(C)[C@H]1C. The molecule has 6 heteroatoms. The zero-order valence-corrected chi connectivity index (χ0v) is 18.1. The van der Waals surface area contributed by atoms with Gasteiger partial charge in [0.05, 0.1) is 0 Å². The second kappa shape index (κ2) is 6.91. The maximum Gasteiger partial charge on any atom is 0.0468 e. The molecule has 0 amide bonds. The Morgan fingerprint density at radius 1 is 0.583 bits per heavy atom. The summed E-state index contributed by atoms with van der Waals surface area (Å²) < 4.78 is 0. The number of hydrogen-bond acceptors (Lipinski definition) is 4. The highest BCUT2D eigenvalue weighted by Crippen LogP contribution is 2.57. The predicted molar refractivity (Wildman–Crippen MR) is 108 cm³/mol. The van der Waals surface area contributed by atoms with E-state index in [1.165, 1.54) is 0 Å². The van der Waals surface area contributed by atoms with Crippen LogP contribution < -0.4 is 10.6 Å². The van der Waals surface area contributed by atoms with Crippen molar-refractivity contribution in [2.75, 3.05) is 28.2 Å². The van der Waals surface area contributed by atoms with E-state index in [9.17, 15) is 0 Å². The van der Waals surface area contributed by atoms with Crippen LogP contribution in [0, 0.1) is 0 Å². The molecule has 0 aliphatic carbocycles. The highest BCUT2D eigenvalue weighted by Gasteiger charge is 2.44. The van der Waals surface area contributed by atoms with Gasteiger partial charge in [0.1, 0.15) is 0 Å². The summed E-state index contributed by atoms with van der Waals surface area (Å²) in [6.07, 6.45) is 0. The molecule has 0 aromatic heterocycles. The zero-order valence-electron chi connectivity index (χ0n) is 16.3. The third-order valence-corrected chi connectivity index (χ3v) is 12.8. The number of rotatable bonds is 2. The van der Waals surface area contributed by atoms with Gasteiger partial charge in [-0.1, -0.05) is 24.3 Å². The van der Waals surface area contributed by atoms with Crippen molar-refractivity contribution in [3.8, 4) is 0 Å². The van der Waals surface area contributed by atoms with E-state index < -0.39 is 0 Å². The average molecular weight is 366 g/mol. The fourth-order valence-corrected chi connectivity index (χ4v) is 10.9. The van der Waals surface area contributed by atoms with Crippen LogP contribution in [0.25, 0.3) is 0 Å². The van der Waals surface area contributed by atoms with Crippen molar-refractivity contribution in [3.05, 3.63) is 24.3 Å². The summed E-state index contributed by atoms with van der Waals surface area (Å²) in [6.45, 7) is 9.59. The summed E-state index contributed by atoms with van der Waals surface area (Å²) in [5.74, 6) is 2.39. The lowest BCUT2D eigenvalue weighted by Crippen LogP contribution is -2.35. The number of nitrogens with zero attached hydrogens (tertiary/aromatic N) is 4. The first-order valence-corrected chi connectivity index (χ1v) is 11.8. The van der Waals surface area contributed by atoms with E-state index in [1.807, 2.05) is 0 Å². The molecule has 2 heterocycles. The highest BCUT2D eigenvalue weighted by atomic mass is 31.1. The minimum atomic E-state index is -0.214. The maximum absolute atomic E-state index is 2.43. The van der Waals surface area contributed by atoms with Crippen LogP contribution in [0.4, 0.5) is 0 Å². The monoisotopic (exact) mass is 366 g/mol. The van der Waals surface area contributed by atoms with E-state index in [4.69, 9.17) is 0 Å². The van der Waals surface area contributed by atoms with Gasteiger partial charge in [0.25, 0.3) is 0 Å². The average Bonchev–Trinajstić information content (AvgIpc) is 2.88. The normalized spacial score (nSPS) is 35.3. The molecule has 24 heavy (non-hydrogen) atoms. The molecule has 0 spiro atoms. The fourth-order valence-electron chi connectivity index (χ4n) is 4.10. The molecule has 1 aromatic rings. The molecular formula is C18H32N4P2. The van der Waals surface area contributed by atoms with E-state index in [0.717, 1.165) is 0 Å². The molecule has 3 rings (SSSR count). The Morgan fingerprint density at radius 2 is 0.833 bits per heavy atom. The van der Waals surface area contributed by atoms with Crippen molar-refractivity contribution >= 4 is 26.5 Å². The molecule has 4 nitrogen and oxygen atoms in total. The molecule has 0 radical (unpaired) electrons. The second-order valence-corrected chi connectivity index (χ2v) is 12.7. The summed E-state index contributed by atoms with van der Waals surface area (Å²) in [4.78, 5) is 0. The summed E-state index contributed by atoms with van der Waals surface area (Å²) in [5, 5.41) is 13.0. The molecular weight excluding hydrogens is 334 g/mol. The molecule has 0 saturated carbocycles. The quantitative estimate of drug-likeness (QED) is 0.746. The third kappa shape index (κ3) is 2.76. The standard InChI is InChI=1S/C18H32N4P2/c1-13-19(5)20(6)14(2)23(13)17-11-9-10-12-18(17)24-15(3)21(7)22(8)16(24)4/h9-16H,1-8H3/t13-,14-,15-,16-/m1/s1. The lowest BCUT2D eigenvalue weighted by Gasteiger charge is -2.29. The van der Waals surface area contributed by atoms with Gasteiger partial charge in [-0.2, -0.15) is 0 Å². The number of hydrogen-bond donors (Lipinski definition) is 0. The largest absolute Gasteiger partial charge is 0.237 e. The molecule has 1 aromatic carbocycles. The number of hydrazine groups is 2. The van der Waals surface area contributed by atoms with Crippen LogP contribution in [0.3, 0.4) is 0 Å². The summed E-state index contributed by atoms with van der Waals surface area (Å²) in [6, 6.07) is 9.32. The zero-order chi connectivity index (χ0) is 17.8. The van der Waals surface area contributed by atoms with Gasteiger partial charge in [0.2, 0.25) is 0 Å². The van der Waals surface area contributed by atoms with Crippen LogP contribution in [0.15, 0.2) is 24.3 Å². The molecule has 4 atom stereocenters. The minimum Gasteiger partial charge on any atom is -0.237 e. The molecule has 2 fully saturated rings. The number of benzene rings is 1. The highest BCUT2D eigenvalue weighted by molar-refractivity contribution is 7.73. The summed E-state index contributed by atoms with van der Waals surface area (Å²) >= 11 is 0. The van der Waals surface area contributed by atoms with Gasteiger partial charge in [-0.15, -0.1) is 0 Å². The Balaban J connectivity index is 2.04. The fraction of sp³-hybridized carbons (Fsp3) is 0.667. The van der Waals surface area contributed by atoms with Gasteiger partial charge < -0.3 is 0 Å². The van der Waals surface area contributed by atoms with Crippen molar-refractivity contribution in [2.24, 2.45) is 0 Å². The van der Waals surface area contributed by atoms with Crippen molar-refractivity contribution in [1.29, 1.82) is 0 Å². The van der Waals surface area contributed by atoms with Crippen molar-refractivity contribution < 1.29 is 0 Å². The molecule has 2 aliphatic heterocycles. The molecule has 2 aliphatic rings.